The van der Waals surface area contributed by atoms with Crippen molar-refractivity contribution in [1.29, 1.82) is 0 Å². The van der Waals surface area contributed by atoms with Gasteiger partial charge in [-0.2, -0.15) is 0 Å². The van der Waals surface area contributed by atoms with E-state index in [4.69, 9.17) is 0 Å². The summed E-state index contributed by atoms with van der Waals surface area (Å²) < 4.78 is 13.2. The fourth-order valence-electron chi connectivity index (χ4n) is 9.48. The van der Waals surface area contributed by atoms with Crippen LogP contribution in [-0.4, -0.2) is 28.3 Å². The zero-order chi connectivity index (χ0) is 37.4. The van der Waals surface area contributed by atoms with Crippen LogP contribution in [0.2, 0.25) is 0 Å². The lowest BCUT2D eigenvalue weighted by molar-refractivity contribution is -0.141. The van der Waals surface area contributed by atoms with Crippen LogP contribution in [-0.2, 0) is 9.36 Å². The van der Waals surface area contributed by atoms with E-state index < -0.39 is 19.3 Å². The van der Waals surface area contributed by atoms with Gasteiger partial charge in [-0.05, 0) is 117 Å². The lowest BCUT2D eigenvalue weighted by atomic mass is 9.71. The first-order chi connectivity index (χ1) is 23.3. The van der Waals surface area contributed by atoms with Gasteiger partial charge in [0.15, 0.2) is 0 Å². The molecule has 0 saturated carbocycles. The van der Waals surface area contributed by atoms with Gasteiger partial charge < -0.3 is 10.00 Å². The first-order valence-corrected chi connectivity index (χ1v) is 23.9. The van der Waals surface area contributed by atoms with Gasteiger partial charge in [0.1, 0.15) is 0 Å². The largest absolute Gasteiger partial charge is 0.481 e. The highest BCUT2D eigenvalue weighted by atomic mass is 31.2. The molecule has 0 spiro atoms. The zero-order valence-corrected chi connectivity index (χ0v) is 35.9. The van der Waals surface area contributed by atoms with Crippen LogP contribution in [0.3, 0.4) is 0 Å². The summed E-state index contributed by atoms with van der Waals surface area (Å²) in [5.74, 6) is 4.23. The second-order valence-corrected chi connectivity index (χ2v) is 19.3. The molecule has 0 aromatic rings. The molecule has 0 aliphatic rings. The van der Waals surface area contributed by atoms with Crippen LogP contribution < -0.4 is 0 Å². The minimum Gasteiger partial charge on any atom is -0.481 e. The number of carboxylic acids is 1. The van der Waals surface area contributed by atoms with Crippen LogP contribution in [0.5, 0.6) is 0 Å². The van der Waals surface area contributed by atoms with Crippen molar-refractivity contribution >= 4 is 13.3 Å². The molecule has 0 heterocycles. The maximum absolute atomic E-state index is 13.2. The molecule has 0 radical (unpaired) electrons. The molecule has 4 unspecified atom stereocenters. The van der Waals surface area contributed by atoms with Crippen LogP contribution in [0.25, 0.3) is 0 Å². The zero-order valence-electron chi connectivity index (χ0n) is 35.0. The molecule has 0 bridgehead atoms. The molecule has 294 valence electrons. The van der Waals surface area contributed by atoms with E-state index >= 15 is 0 Å². The summed E-state index contributed by atoms with van der Waals surface area (Å²) in [6.07, 6.45) is 23.3. The fraction of sp³-hybridized carbons (Fsp3) is 0.977. The Hall–Kier alpha value is -0.340. The summed E-state index contributed by atoms with van der Waals surface area (Å²) >= 11 is 0. The molecule has 2 N–H and O–H groups in total. The number of carboxylic acid groups (broad SMARTS) is 1. The Morgan fingerprint density at radius 1 is 0.429 bits per heavy atom. The third-order valence-corrected chi connectivity index (χ3v) is 15.3. The molecule has 0 fully saturated rings. The standard InChI is InChI=1S/C44H89O4P/c1-12-23-49(47,48)33-43(44(45)46)32-42(30-40(26-36(17-6)18-7)27-37(19-8)20-9)31-41(28-38(21-10)22-11)29-39(24-34(13-2)14-3)25-35(15-4)16-5/h34-43H,12-33H2,1-11H3,(H,45,46)(H,47,48). The Morgan fingerprint density at radius 3 is 0.857 bits per heavy atom. The van der Waals surface area contributed by atoms with E-state index in [0.29, 0.717) is 42.4 Å². The minimum atomic E-state index is -3.47. The Bertz CT molecular complexity index is 797. The summed E-state index contributed by atoms with van der Waals surface area (Å²) in [7, 11) is -3.47. The van der Waals surface area contributed by atoms with Gasteiger partial charge in [0, 0.05) is 12.3 Å². The van der Waals surface area contributed by atoms with Crippen LogP contribution in [0.1, 0.15) is 205 Å². The summed E-state index contributed by atoms with van der Waals surface area (Å²) in [6, 6.07) is 0. The predicted molar refractivity (Wildman–Crippen MR) is 217 cm³/mol. The van der Waals surface area contributed by atoms with E-state index in [-0.39, 0.29) is 18.2 Å². The quantitative estimate of drug-likeness (QED) is 0.0664. The van der Waals surface area contributed by atoms with Gasteiger partial charge >= 0.3 is 5.97 Å². The molecule has 49 heavy (non-hydrogen) atoms. The predicted octanol–water partition coefficient (Wildman–Crippen LogP) is 14.5. The van der Waals surface area contributed by atoms with Crippen LogP contribution in [0.4, 0.5) is 0 Å². The van der Waals surface area contributed by atoms with Crippen LogP contribution >= 0.6 is 7.37 Å². The molecule has 0 rings (SSSR count). The number of rotatable bonds is 33. The van der Waals surface area contributed by atoms with Gasteiger partial charge in [0.25, 0.3) is 0 Å². The van der Waals surface area contributed by atoms with Crippen molar-refractivity contribution in [3.8, 4) is 0 Å². The lowest BCUT2D eigenvalue weighted by Gasteiger charge is -2.35. The van der Waals surface area contributed by atoms with Crippen molar-refractivity contribution in [3.05, 3.63) is 0 Å². The van der Waals surface area contributed by atoms with Gasteiger partial charge in [-0.1, -0.05) is 140 Å². The molecule has 0 aliphatic heterocycles. The Balaban J connectivity index is 6.90. The SMILES string of the molecule is CCCP(=O)(O)CC(CC(CC(CC(CC)CC)CC(CC)CC)CC(CC(CC)CC)CC(CC(CC)CC)CC(CC)CC)C(=O)O. The summed E-state index contributed by atoms with van der Waals surface area (Å²) in [5.41, 5.74) is 0. The fourth-order valence-corrected chi connectivity index (χ4v) is 11.4. The average Bonchev–Trinajstić information content (AvgIpc) is 3.08. The molecule has 0 aliphatic carbocycles. The van der Waals surface area contributed by atoms with E-state index in [9.17, 15) is 19.4 Å². The summed E-state index contributed by atoms with van der Waals surface area (Å²) in [4.78, 5) is 23.7. The lowest BCUT2D eigenvalue weighted by Crippen LogP contribution is -2.27. The minimum absolute atomic E-state index is 0.0698. The van der Waals surface area contributed by atoms with E-state index in [0.717, 1.165) is 30.6 Å². The Labute approximate surface area is 308 Å². The molecule has 0 amide bonds. The molecule has 4 nitrogen and oxygen atoms in total. The van der Waals surface area contributed by atoms with Crippen molar-refractivity contribution in [3.63, 3.8) is 0 Å². The van der Waals surface area contributed by atoms with E-state index in [2.05, 4.69) is 69.2 Å². The van der Waals surface area contributed by atoms with Gasteiger partial charge in [-0.3, -0.25) is 9.36 Å². The molecular weight excluding hydrogens is 623 g/mol. The maximum atomic E-state index is 13.2. The number of hydrogen-bond acceptors (Lipinski definition) is 2. The topological polar surface area (TPSA) is 74.6 Å². The Morgan fingerprint density at radius 2 is 0.653 bits per heavy atom. The van der Waals surface area contributed by atoms with Gasteiger partial charge in [0.05, 0.1) is 5.92 Å². The van der Waals surface area contributed by atoms with E-state index in [1.807, 2.05) is 6.92 Å². The maximum Gasteiger partial charge on any atom is 0.307 e. The normalized spacial score (nSPS) is 15.7. The number of carbonyl (C=O) groups is 1. The first-order valence-electron chi connectivity index (χ1n) is 21.8. The highest BCUT2D eigenvalue weighted by Gasteiger charge is 2.34. The molecule has 4 atom stereocenters. The van der Waals surface area contributed by atoms with Crippen molar-refractivity contribution in [2.45, 2.75) is 205 Å². The van der Waals surface area contributed by atoms with Crippen molar-refractivity contribution in [2.24, 2.45) is 59.2 Å². The van der Waals surface area contributed by atoms with E-state index in [1.54, 1.807) is 0 Å². The van der Waals surface area contributed by atoms with Crippen molar-refractivity contribution in [1.82, 2.24) is 0 Å². The van der Waals surface area contributed by atoms with Gasteiger partial charge in [0.2, 0.25) is 7.37 Å². The molecular formula is C44H89O4P. The first kappa shape index (κ1) is 48.7. The van der Waals surface area contributed by atoms with Crippen molar-refractivity contribution < 1.29 is 19.4 Å². The van der Waals surface area contributed by atoms with Crippen LogP contribution in [0.15, 0.2) is 0 Å². The third kappa shape index (κ3) is 21.1. The highest BCUT2D eigenvalue weighted by Crippen LogP contribution is 2.46. The molecule has 0 saturated heterocycles. The summed E-state index contributed by atoms with van der Waals surface area (Å²) in [6.45, 7) is 25.4. The third-order valence-electron chi connectivity index (χ3n) is 13.2. The molecule has 5 heteroatoms. The average molecular weight is 713 g/mol. The van der Waals surface area contributed by atoms with Gasteiger partial charge in [-0.25, -0.2) is 0 Å². The van der Waals surface area contributed by atoms with Crippen molar-refractivity contribution in [2.75, 3.05) is 12.3 Å². The summed E-state index contributed by atoms with van der Waals surface area (Å²) in [5, 5.41) is 10.5. The van der Waals surface area contributed by atoms with Gasteiger partial charge in [-0.15, -0.1) is 0 Å². The second-order valence-electron chi connectivity index (χ2n) is 16.8. The Kier molecular flexibility index (Phi) is 28.0. The molecule has 0 aromatic heterocycles. The number of aliphatic carboxylic acids is 1. The smallest absolute Gasteiger partial charge is 0.307 e. The monoisotopic (exact) mass is 713 g/mol. The second kappa shape index (κ2) is 28.2. The van der Waals surface area contributed by atoms with E-state index in [1.165, 1.54) is 103 Å². The highest BCUT2D eigenvalue weighted by molar-refractivity contribution is 7.58. The molecule has 0 aromatic carbocycles. The van der Waals surface area contributed by atoms with Crippen LogP contribution in [0, 0.1) is 59.2 Å². The number of hydrogen-bond donors (Lipinski definition) is 2.